The Morgan fingerprint density at radius 1 is 1.07 bits per heavy atom. The first-order valence-corrected chi connectivity index (χ1v) is 18.6. The Labute approximate surface area is 264 Å². The third-order valence-corrected chi connectivity index (χ3v) is 12.2. The number of aliphatic hydroxyl groups excluding tert-OH is 1. The van der Waals surface area contributed by atoms with Gasteiger partial charge in [0.25, 0.3) is 11.8 Å². The average Bonchev–Trinajstić information content (AvgIpc) is 3.68. The molecule has 45 heavy (non-hydrogen) atoms. The van der Waals surface area contributed by atoms with Crippen LogP contribution in [0.5, 0.6) is 0 Å². The van der Waals surface area contributed by atoms with E-state index in [4.69, 9.17) is 4.74 Å². The predicted molar refractivity (Wildman–Crippen MR) is 173 cm³/mol. The molecule has 3 aliphatic rings. The molecule has 1 spiro atoms. The van der Waals surface area contributed by atoms with E-state index in [0.717, 1.165) is 18.4 Å². The lowest BCUT2D eigenvalue weighted by molar-refractivity contribution is -0.150. The molecule has 0 saturated carbocycles. The summed E-state index contributed by atoms with van der Waals surface area (Å²) in [6, 6.07) is 23.6. The first-order valence-electron chi connectivity index (χ1n) is 15.7. The van der Waals surface area contributed by atoms with Crippen LogP contribution >= 0.6 is 0 Å². The number of nitrogens with one attached hydrogen (secondary N) is 1. The number of anilines is 2. The van der Waals surface area contributed by atoms with Gasteiger partial charge in [0, 0.05) is 34.8 Å². The quantitative estimate of drug-likeness (QED) is 0.249. The molecule has 10 heteroatoms. The fourth-order valence-electron chi connectivity index (χ4n) is 7.68. The molecule has 8 nitrogen and oxygen atoms in total. The zero-order valence-corrected chi connectivity index (χ0v) is 26.9. The van der Waals surface area contributed by atoms with E-state index in [0.29, 0.717) is 29.0 Å². The number of hydrogen-bond acceptors (Lipinski definition) is 5. The molecule has 0 aliphatic carbocycles. The van der Waals surface area contributed by atoms with Crippen LogP contribution in [0.3, 0.4) is 0 Å². The van der Waals surface area contributed by atoms with Crippen molar-refractivity contribution in [3.8, 4) is 0 Å². The number of rotatable bonds is 8. The van der Waals surface area contributed by atoms with Crippen molar-refractivity contribution in [3.05, 3.63) is 95.6 Å². The lowest BCUT2D eigenvalue weighted by atomic mass is 9.82. The fourth-order valence-corrected chi connectivity index (χ4v) is 10.2. The van der Waals surface area contributed by atoms with Gasteiger partial charge in [0.1, 0.15) is 0 Å². The van der Waals surface area contributed by atoms with Gasteiger partial charge in [-0.3, -0.25) is 14.4 Å². The molecule has 236 valence electrons. The van der Waals surface area contributed by atoms with E-state index < -0.39 is 31.6 Å². The number of fused-ring (bicyclic) bond motifs is 2. The Balaban J connectivity index is 1.40. The second kappa shape index (κ2) is 12.1. The fraction of sp³-hybridized carbons (Fsp3) is 0.400. The minimum atomic E-state index is -3.49. The summed E-state index contributed by atoms with van der Waals surface area (Å²) in [6.45, 7) is 5.78. The maximum Gasteiger partial charge on any atom is 0.264 e. The van der Waals surface area contributed by atoms with Crippen LogP contribution in [-0.4, -0.2) is 61.4 Å². The van der Waals surface area contributed by atoms with Crippen molar-refractivity contribution in [2.24, 2.45) is 5.92 Å². The second-order valence-corrected chi connectivity index (χ2v) is 16.8. The summed E-state index contributed by atoms with van der Waals surface area (Å²) in [5, 5.41) is 12.8. The maximum absolute atomic E-state index is 16.3. The topological polar surface area (TPSA) is 99.2 Å². The van der Waals surface area contributed by atoms with Gasteiger partial charge in [-0.15, -0.1) is 0 Å². The van der Waals surface area contributed by atoms with Gasteiger partial charge < -0.3 is 29.1 Å². The Morgan fingerprint density at radius 3 is 2.42 bits per heavy atom. The zero-order chi connectivity index (χ0) is 31.9. The van der Waals surface area contributed by atoms with Crippen molar-refractivity contribution in [1.29, 1.82) is 0 Å². The van der Waals surface area contributed by atoms with Gasteiger partial charge in [0.15, 0.2) is 5.60 Å². The Morgan fingerprint density at radius 2 is 1.76 bits per heavy atom. The number of ether oxygens (including phenoxy) is 1. The first kappa shape index (κ1) is 31.1. The summed E-state index contributed by atoms with van der Waals surface area (Å²) in [4.78, 5) is 44.7. The third-order valence-electron chi connectivity index (χ3n) is 9.72. The van der Waals surface area contributed by atoms with Crippen LogP contribution in [0.4, 0.5) is 15.5 Å². The van der Waals surface area contributed by atoms with Crippen molar-refractivity contribution in [2.75, 3.05) is 23.4 Å². The van der Waals surface area contributed by atoms with Crippen molar-refractivity contribution < 1.29 is 28.3 Å². The van der Waals surface area contributed by atoms with Crippen LogP contribution in [0, 0.1) is 5.92 Å². The van der Waals surface area contributed by atoms with E-state index in [9.17, 15) is 19.5 Å². The Hall–Kier alpha value is -3.86. The number of hydrogen-bond donors (Lipinski definition) is 2. The van der Waals surface area contributed by atoms with Gasteiger partial charge in [-0.25, -0.2) is 0 Å². The molecule has 2 fully saturated rings. The number of carbonyl (C=O) groups is 3. The summed E-state index contributed by atoms with van der Waals surface area (Å²) in [6.07, 6.45) is 0.626. The van der Waals surface area contributed by atoms with Gasteiger partial charge in [0.05, 0.1) is 37.4 Å². The van der Waals surface area contributed by atoms with E-state index in [2.05, 4.69) is 5.32 Å². The van der Waals surface area contributed by atoms with E-state index in [1.807, 2.05) is 49.4 Å². The highest BCUT2D eigenvalue weighted by Gasteiger charge is 2.67. The van der Waals surface area contributed by atoms with Gasteiger partial charge in [-0.2, -0.15) is 0 Å². The summed E-state index contributed by atoms with van der Waals surface area (Å²) in [7, 11) is -3.49. The van der Waals surface area contributed by atoms with Crippen LogP contribution in [0.15, 0.2) is 78.9 Å². The van der Waals surface area contributed by atoms with Crippen LogP contribution in [0.1, 0.15) is 47.7 Å². The standard InChI is InChI=1S/C35H40FN3O5Si/c1-23-32(45(2,3)36)30(20-31(41)38-18-10-15-27(38)22-40)44-35(23)28-19-26(37-33(42)25-13-8-5-9-14-25)16-17-29(28)39(34(35)43)21-24-11-6-4-7-12-24/h4-9,11-14,16-17,19,23,27,30,32,40H,10,15,18,20-22H2,1-3H3,(H,37,42)/t23-,27+,30+,32-,35+/m1/s1. The molecule has 0 unspecified atom stereocenters. The monoisotopic (exact) mass is 629 g/mol. The van der Waals surface area contributed by atoms with Crippen LogP contribution in [0.25, 0.3) is 0 Å². The van der Waals surface area contributed by atoms with Crippen molar-refractivity contribution in [1.82, 2.24) is 4.90 Å². The molecule has 3 amide bonds. The number of carbonyl (C=O) groups excluding carboxylic acids is 3. The number of nitrogens with zero attached hydrogens (tertiary/aromatic N) is 2. The average molecular weight is 630 g/mol. The SMILES string of the molecule is C[C@@H]1[C@@H]([Si](C)(C)F)[C@H](CC(=O)N2CCC[C@H]2CO)O[C@@]12C(=O)N(Cc1ccccc1)c1ccc(NC(=O)c3ccccc3)cc12. The van der Waals surface area contributed by atoms with Gasteiger partial charge in [-0.05, 0) is 61.8 Å². The highest BCUT2D eigenvalue weighted by molar-refractivity contribution is 6.72. The van der Waals surface area contributed by atoms with Gasteiger partial charge >= 0.3 is 0 Å². The predicted octanol–water partition coefficient (Wildman–Crippen LogP) is 5.63. The smallest absolute Gasteiger partial charge is 0.264 e. The molecule has 0 radical (unpaired) electrons. The molecule has 2 saturated heterocycles. The zero-order valence-electron chi connectivity index (χ0n) is 25.9. The van der Waals surface area contributed by atoms with Crippen LogP contribution in [-0.2, 0) is 26.5 Å². The third kappa shape index (κ3) is 5.60. The molecule has 6 rings (SSSR count). The van der Waals surface area contributed by atoms with Gasteiger partial charge in [0.2, 0.25) is 14.3 Å². The highest BCUT2D eigenvalue weighted by Crippen LogP contribution is 2.60. The minimum absolute atomic E-state index is 0.0701. The van der Waals surface area contributed by atoms with Crippen molar-refractivity contribution in [3.63, 3.8) is 0 Å². The van der Waals surface area contributed by atoms with Crippen LogP contribution < -0.4 is 10.2 Å². The van der Waals surface area contributed by atoms with E-state index in [-0.39, 0.29) is 43.3 Å². The molecule has 0 bridgehead atoms. The van der Waals surface area contributed by atoms with Crippen LogP contribution in [0.2, 0.25) is 18.6 Å². The lowest BCUT2D eigenvalue weighted by Gasteiger charge is -2.31. The number of aliphatic hydroxyl groups is 1. The number of benzene rings is 3. The lowest BCUT2D eigenvalue weighted by Crippen LogP contribution is -2.45. The molecule has 5 atom stereocenters. The highest BCUT2D eigenvalue weighted by atomic mass is 28.4. The number of likely N-dealkylation sites (tertiary alicyclic amines) is 1. The number of halogens is 1. The Bertz CT molecular complexity index is 1580. The van der Waals surface area contributed by atoms with Crippen molar-refractivity contribution in [2.45, 2.75) is 69.1 Å². The summed E-state index contributed by atoms with van der Waals surface area (Å²) < 4.78 is 23.1. The van der Waals surface area contributed by atoms with Crippen molar-refractivity contribution >= 4 is 37.5 Å². The summed E-state index contributed by atoms with van der Waals surface area (Å²) in [5.41, 5.74) is 0.924. The summed E-state index contributed by atoms with van der Waals surface area (Å²) >= 11 is 0. The molecular weight excluding hydrogens is 589 g/mol. The summed E-state index contributed by atoms with van der Waals surface area (Å²) in [5.74, 6) is -1.37. The largest absolute Gasteiger partial charge is 0.394 e. The molecule has 2 N–H and O–H groups in total. The number of amides is 3. The second-order valence-electron chi connectivity index (χ2n) is 13.0. The molecular formula is C35H40FN3O5Si. The van der Waals surface area contributed by atoms with E-state index in [1.165, 1.54) is 0 Å². The first-order chi connectivity index (χ1) is 21.5. The molecule has 0 aromatic heterocycles. The van der Waals surface area contributed by atoms with Gasteiger partial charge in [-0.1, -0.05) is 55.5 Å². The normalized spacial score (nSPS) is 26.0. The molecule has 3 aromatic carbocycles. The minimum Gasteiger partial charge on any atom is -0.394 e. The van der Waals surface area contributed by atoms with E-state index >= 15 is 4.11 Å². The molecule has 3 heterocycles. The Kier molecular flexibility index (Phi) is 8.40. The maximum atomic E-state index is 16.3. The van der Waals surface area contributed by atoms with E-state index in [1.54, 1.807) is 59.3 Å². The molecule has 3 aliphatic heterocycles. The molecule has 3 aromatic rings.